The summed E-state index contributed by atoms with van der Waals surface area (Å²) < 4.78 is 26.9. The Bertz CT molecular complexity index is 826. The minimum atomic E-state index is -3.69. The molecule has 29 heavy (non-hydrogen) atoms. The summed E-state index contributed by atoms with van der Waals surface area (Å²) in [6, 6.07) is 5.92. The Labute approximate surface area is 173 Å². The highest BCUT2D eigenvalue weighted by Gasteiger charge is 2.27. The number of amides is 2. The zero-order chi connectivity index (χ0) is 21.4. The van der Waals surface area contributed by atoms with E-state index >= 15 is 0 Å². The van der Waals surface area contributed by atoms with Crippen molar-refractivity contribution >= 4 is 21.8 Å². The summed E-state index contributed by atoms with van der Waals surface area (Å²) in [5, 5.41) is 2.97. The maximum atomic E-state index is 12.6. The van der Waals surface area contributed by atoms with Gasteiger partial charge < -0.3 is 10.2 Å². The summed E-state index contributed by atoms with van der Waals surface area (Å²) in [4.78, 5) is 27.0. The molecule has 1 saturated heterocycles. The van der Waals surface area contributed by atoms with Crippen LogP contribution in [0.25, 0.3) is 0 Å². The molecule has 1 aromatic carbocycles. The number of hydrogen-bond donors (Lipinski definition) is 2. The molecule has 7 nitrogen and oxygen atoms in total. The van der Waals surface area contributed by atoms with Crippen molar-refractivity contribution in [2.24, 2.45) is 5.92 Å². The van der Waals surface area contributed by atoms with E-state index in [1.165, 1.54) is 18.2 Å². The third kappa shape index (κ3) is 6.14. The predicted molar refractivity (Wildman–Crippen MR) is 113 cm³/mol. The van der Waals surface area contributed by atoms with Crippen molar-refractivity contribution in [1.29, 1.82) is 0 Å². The fraction of sp³-hybridized carbons (Fsp3) is 0.524. The van der Waals surface area contributed by atoms with Crippen LogP contribution >= 0.6 is 0 Å². The van der Waals surface area contributed by atoms with Crippen LogP contribution < -0.4 is 10.0 Å². The van der Waals surface area contributed by atoms with Crippen molar-refractivity contribution in [3.63, 3.8) is 0 Å². The first kappa shape index (κ1) is 23.1. The minimum Gasteiger partial charge on any atom is -0.349 e. The van der Waals surface area contributed by atoms with Crippen LogP contribution in [0.5, 0.6) is 0 Å². The Balaban J connectivity index is 1.96. The molecule has 0 saturated carbocycles. The van der Waals surface area contributed by atoms with Gasteiger partial charge in [0.15, 0.2) is 0 Å². The molecule has 1 heterocycles. The first-order valence-electron chi connectivity index (χ1n) is 10.1. The van der Waals surface area contributed by atoms with Gasteiger partial charge in [-0.05, 0) is 43.9 Å². The predicted octanol–water partition coefficient (Wildman–Crippen LogP) is 2.31. The van der Waals surface area contributed by atoms with Crippen LogP contribution in [-0.2, 0) is 14.8 Å². The summed E-state index contributed by atoms with van der Waals surface area (Å²) in [7, 11) is -3.69. The van der Waals surface area contributed by atoms with E-state index in [9.17, 15) is 18.0 Å². The molecular weight excluding hydrogens is 390 g/mol. The zero-order valence-electron chi connectivity index (χ0n) is 17.2. The topological polar surface area (TPSA) is 95.6 Å². The minimum absolute atomic E-state index is 0.0348. The Hall–Kier alpha value is -2.19. The Morgan fingerprint density at radius 3 is 2.48 bits per heavy atom. The lowest BCUT2D eigenvalue weighted by atomic mass is 9.98. The molecule has 0 aliphatic carbocycles. The number of carbonyl (C=O) groups is 2. The number of carbonyl (C=O) groups excluding carboxylic acids is 2. The van der Waals surface area contributed by atoms with E-state index in [4.69, 9.17) is 0 Å². The second kappa shape index (κ2) is 10.5. The van der Waals surface area contributed by atoms with Crippen molar-refractivity contribution in [2.45, 2.75) is 50.5 Å². The molecule has 0 bridgehead atoms. The largest absolute Gasteiger partial charge is 0.349 e. The number of benzene rings is 1. The van der Waals surface area contributed by atoms with Crippen molar-refractivity contribution in [1.82, 2.24) is 14.9 Å². The molecule has 0 atom stereocenters. The fourth-order valence-corrected chi connectivity index (χ4v) is 4.51. The van der Waals surface area contributed by atoms with E-state index in [0.717, 1.165) is 12.8 Å². The standard InChI is InChI=1S/C21H31N3O4S/c1-4-12-22-29(27,28)19-9-7-8-17(15-19)20(25)23-18-10-13-24(14-11-18)21(26)16(5-2)6-3/h4,7-9,15-16,18,22H,1,5-6,10-14H2,2-3H3,(H,23,25). The van der Waals surface area contributed by atoms with Crippen LogP contribution in [-0.4, -0.2) is 50.8 Å². The summed E-state index contributed by atoms with van der Waals surface area (Å²) >= 11 is 0. The molecule has 1 aliphatic heterocycles. The molecule has 1 aromatic rings. The number of hydrogen-bond acceptors (Lipinski definition) is 4. The molecule has 2 N–H and O–H groups in total. The molecule has 1 aliphatic rings. The Morgan fingerprint density at radius 2 is 1.90 bits per heavy atom. The Morgan fingerprint density at radius 1 is 1.24 bits per heavy atom. The van der Waals surface area contributed by atoms with Gasteiger partial charge in [0, 0.05) is 37.2 Å². The van der Waals surface area contributed by atoms with E-state index in [0.29, 0.717) is 31.5 Å². The first-order chi connectivity index (χ1) is 13.8. The van der Waals surface area contributed by atoms with Gasteiger partial charge in [-0.2, -0.15) is 0 Å². The third-order valence-corrected chi connectivity index (χ3v) is 6.72. The third-order valence-electron chi connectivity index (χ3n) is 5.30. The van der Waals surface area contributed by atoms with Gasteiger partial charge in [0.2, 0.25) is 15.9 Å². The average Bonchev–Trinajstić information content (AvgIpc) is 2.73. The monoisotopic (exact) mass is 421 g/mol. The fourth-order valence-electron chi connectivity index (χ4n) is 3.47. The lowest BCUT2D eigenvalue weighted by Gasteiger charge is -2.34. The number of likely N-dealkylation sites (tertiary alicyclic amines) is 1. The number of nitrogens with one attached hydrogen (secondary N) is 2. The second-order valence-electron chi connectivity index (χ2n) is 7.25. The van der Waals surface area contributed by atoms with Gasteiger partial charge in [-0.3, -0.25) is 9.59 Å². The number of rotatable bonds is 9. The molecular formula is C21H31N3O4S. The summed E-state index contributed by atoms with van der Waals surface area (Å²) in [5.74, 6) is -0.0409. The van der Waals surface area contributed by atoms with E-state index in [2.05, 4.69) is 16.6 Å². The molecule has 160 valence electrons. The quantitative estimate of drug-likeness (QED) is 0.598. The van der Waals surface area contributed by atoms with Crippen LogP contribution in [0.3, 0.4) is 0 Å². The van der Waals surface area contributed by atoms with Crippen molar-refractivity contribution in [3.8, 4) is 0 Å². The van der Waals surface area contributed by atoms with Crippen LogP contribution in [0, 0.1) is 5.92 Å². The van der Waals surface area contributed by atoms with E-state index < -0.39 is 10.0 Å². The molecule has 1 fully saturated rings. The van der Waals surface area contributed by atoms with Crippen molar-refractivity contribution < 1.29 is 18.0 Å². The smallest absolute Gasteiger partial charge is 0.251 e. The average molecular weight is 422 g/mol. The maximum absolute atomic E-state index is 12.6. The second-order valence-corrected chi connectivity index (χ2v) is 9.02. The molecule has 8 heteroatoms. The number of piperidine rings is 1. The van der Waals surface area contributed by atoms with Gasteiger partial charge >= 0.3 is 0 Å². The van der Waals surface area contributed by atoms with Crippen LogP contribution in [0.15, 0.2) is 41.8 Å². The van der Waals surface area contributed by atoms with Crippen molar-refractivity contribution in [2.75, 3.05) is 19.6 Å². The SMILES string of the molecule is C=CCNS(=O)(=O)c1cccc(C(=O)NC2CCN(C(=O)C(CC)CC)CC2)c1. The van der Waals surface area contributed by atoms with Gasteiger partial charge in [0.25, 0.3) is 5.91 Å². The van der Waals surface area contributed by atoms with Gasteiger partial charge in [-0.25, -0.2) is 13.1 Å². The highest BCUT2D eigenvalue weighted by atomic mass is 32.2. The molecule has 2 amide bonds. The van der Waals surface area contributed by atoms with E-state index in [-0.39, 0.29) is 35.2 Å². The lowest BCUT2D eigenvalue weighted by Crippen LogP contribution is -2.48. The number of nitrogens with zero attached hydrogens (tertiary/aromatic N) is 1. The first-order valence-corrected chi connectivity index (χ1v) is 11.6. The van der Waals surface area contributed by atoms with Gasteiger partial charge in [-0.1, -0.05) is 26.0 Å². The molecule has 0 unspecified atom stereocenters. The van der Waals surface area contributed by atoms with Crippen molar-refractivity contribution in [3.05, 3.63) is 42.5 Å². The normalized spacial score (nSPS) is 15.3. The van der Waals surface area contributed by atoms with Crippen LogP contribution in [0.1, 0.15) is 49.9 Å². The number of sulfonamides is 1. The molecule has 0 radical (unpaired) electrons. The Kier molecular flexibility index (Phi) is 8.40. The molecule has 0 spiro atoms. The van der Waals surface area contributed by atoms with Gasteiger partial charge in [-0.15, -0.1) is 6.58 Å². The van der Waals surface area contributed by atoms with Gasteiger partial charge in [0.05, 0.1) is 4.90 Å². The zero-order valence-corrected chi connectivity index (χ0v) is 18.0. The molecule has 0 aromatic heterocycles. The highest BCUT2D eigenvalue weighted by Crippen LogP contribution is 2.18. The highest BCUT2D eigenvalue weighted by molar-refractivity contribution is 7.89. The lowest BCUT2D eigenvalue weighted by molar-refractivity contribution is -0.136. The van der Waals surface area contributed by atoms with Crippen LogP contribution in [0.2, 0.25) is 0 Å². The van der Waals surface area contributed by atoms with Crippen LogP contribution in [0.4, 0.5) is 0 Å². The summed E-state index contributed by atoms with van der Waals surface area (Å²) in [5.41, 5.74) is 0.294. The van der Waals surface area contributed by atoms with E-state index in [1.54, 1.807) is 12.1 Å². The molecule has 2 rings (SSSR count). The van der Waals surface area contributed by atoms with Gasteiger partial charge in [0.1, 0.15) is 0 Å². The maximum Gasteiger partial charge on any atom is 0.251 e. The van der Waals surface area contributed by atoms with E-state index in [1.807, 2.05) is 18.7 Å². The summed E-state index contributed by atoms with van der Waals surface area (Å²) in [6.07, 6.45) is 4.52. The summed E-state index contributed by atoms with van der Waals surface area (Å²) in [6.45, 7) is 8.91.